The molecule has 1 aromatic carbocycles. The van der Waals surface area contributed by atoms with Crippen LogP contribution in [0.5, 0.6) is 0 Å². The Labute approximate surface area is 133 Å². The highest BCUT2D eigenvalue weighted by atomic mass is 79.9. The molecule has 1 aliphatic carbocycles. The molecule has 0 aromatic heterocycles. The summed E-state index contributed by atoms with van der Waals surface area (Å²) in [7, 11) is -3.04. The molecule has 3 N–H and O–H groups in total. The fourth-order valence-corrected chi connectivity index (χ4v) is 4.67. The van der Waals surface area contributed by atoms with Crippen molar-refractivity contribution in [2.45, 2.75) is 37.0 Å². The molecular formula is C14H20BrFN2O2S. The molecule has 21 heavy (non-hydrogen) atoms. The molecule has 0 bridgehead atoms. The lowest BCUT2D eigenvalue weighted by Crippen LogP contribution is -2.38. The van der Waals surface area contributed by atoms with Crippen molar-refractivity contribution in [1.82, 2.24) is 5.43 Å². The summed E-state index contributed by atoms with van der Waals surface area (Å²) in [6.45, 7) is 0. The lowest BCUT2D eigenvalue weighted by Gasteiger charge is -2.33. The van der Waals surface area contributed by atoms with Gasteiger partial charge >= 0.3 is 0 Å². The van der Waals surface area contributed by atoms with Crippen LogP contribution in [-0.4, -0.2) is 19.9 Å². The molecule has 118 valence electrons. The molecule has 1 fully saturated rings. The number of nitrogens with two attached hydrogens (primary N) is 1. The monoisotopic (exact) mass is 378 g/mol. The van der Waals surface area contributed by atoms with Gasteiger partial charge in [-0.05, 0) is 58.8 Å². The molecular weight excluding hydrogens is 359 g/mol. The number of hydrazine groups is 1. The van der Waals surface area contributed by atoms with Gasteiger partial charge in [0.05, 0.1) is 9.72 Å². The maximum Gasteiger partial charge on any atom is 0.150 e. The third-order valence-corrected chi connectivity index (χ3v) is 6.47. The number of hydrogen-bond donors (Lipinski definition) is 2. The largest absolute Gasteiger partial charge is 0.271 e. The normalized spacial score (nSPS) is 24.8. The minimum atomic E-state index is -3.04. The highest BCUT2D eigenvalue weighted by molar-refractivity contribution is 9.10. The number of rotatable bonds is 4. The summed E-state index contributed by atoms with van der Waals surface area (Å²) < 4.78 is 37.3. The van der Waals surface area contributed by atoms with Gasteiger partial charge in [-0.1, -0.05) is 12.5 Å². The second-order valence-electron chi connectivity index (χ2n) is 5.70. The Morgan fingerprint density at radius 2 is 2.14 bits per heavy atom. The van der Waals surface area contributed by atoms with Gasteiger partial charge in [0.15, 0.2) is 0 Å². The second kappa shape index (κ2) is 6.73. The van der Waals surface area contributed by atoms with E-state index in [4.69, 9.17) is 5.84 Å². The molecule has 0 aliphatic heterocycles. The third-order valence-electron chi connectivity index (χ3n) is 4.23. The highest BCUT2D eigenvalue weighted by Gasteiger charge is 2.33. The molecule has 3 atom stereocenters. The molecule has 7 heteroatoms. The number of benzene rings is 1. The van der Waals surface area contributed by atoms with Gasteiger partial charge in [-0.15, -0.1) is 0 Å². The van der Waals surface area contributed by atoms with Crippen molar-refractivity contribution < 1.29 is 12.8 Å². The zero-order valence-corrected chi connectivity index (χ0v) is 14.3. The fourth-order valence-electron chi connectivity index (χ4n) is 3.08. The van der Waals surface area contributed by atoms with E-state index >= 15 is 0 Å². The van der Waals surface area contributed by atoms with E-state index < -0.39 is 9.84 Å². The van der Waals surface area contributed by atoms with Crippen LogP contribution in [0.15, 0.2) is 22.7 Å². The summed E-state index contributed by atoms with van der Waals surface area (Å²) in [6.07, 6.45) is 4.36. The number of halogens is 2. The molecule has 3 unspecified atom stereocenters. The number of hydrogen-bond acceptors (Lipinski definition) is 4. The predicted octanol–water partition coefficient (Wildman–Crippen LogP) is 2.70. The smallest absolute Gasteiger partial charge is 0.150 e. The lowest BCUT2D eigenvalue weighted by molar-refractivity contribution is 0.274. The van der Waals surface area contributed by atoms with E-state index in [1.807, 2.05) is 0 Å². The Kier molecular flexibility index (Phi) is 5.40. The standard InChI is InChI=1S/C14H20BrFN2O2S/c1-21(19,20)11-4-2-3-9(7-11)14(18-17)10-5-6-13(16)12(15)8-10/h5-6,8-9,11,14,18H,2-4,7,17H2,1H3. The molecule has 0 saturated heterocycles. The van der Waals surface area contributed by atoms with Crippen LogP contribution in [0.4, 0.5) is 4.39 Å². The van der Waals surface area contributed by atoms with Crippen LogP contribution in [0, 0.1) is 11.7 Å². The summed E-state index contributed by atoms with van der Waals surface area (Å²) in [4.78, 5) is 0. The van der Waals surface area contributed by atoms with E-state index in [0.717, 1.165) is 18.4 Å². The van der Waals surface area contributed by atoms with Gasteiger partial charge in [-0.3, -0.25) is 11.3 Å². The first-order valence-corrected chi connectivity index (χ1v) is 9.67. The molecule has 2 rings (SSSR count). The number of sulfone groups is 1. The minimum Gasteiger partial charge on any atom is -0.271 e. The van der Waals surface area contributed by atoms with Gasteiger partial charge in [0.1, 0.15) is 15.7 Å². The van der Waals surface area contributed by atoms with Crippen LogP contribution in [-0.2, 0) is 9.84 Å². The SMILES string of the molecule is CS(=O)(=O)C1CCCC(C(NN)c2ccc(F)c(Br)c2)C1. The highest BCUT2D eigenvalue weighted by Crippen LogP contribution is 2.37. The first-order valence-electron chi connectivity index (χ1n) is 6.93. The van der Waals surface area contributed by atoms with E-state index in [1.54, 1.807) is 12.1 Å². The van der Waals surface area contributed by atoms with Gasteiger partial charge in [0.25, 0.3) is 0 Å². The Balaban J connectivity index is 2.22. The van der Waals surface area contributed by atoms with Crippen LogP contribution in [0.3, 0.4) is 0 Å². The minimum absolute atomic E-state index is 0.126. The quantitative estimate of drug-likeness (QED) is 0.623. The van der Waals surface area contributed by atoms with Gasteiger partial charge in [-0.25, -0.2) is 12.8 Å². The lowest BCUT2D eigenvalue weighted by atomic mass is 9.81. The zero-order chi connectivity index (χ0) is 15.6. The molecule has 1 aliphatic rings. The fraction of sp³-hybridized carbons (Fsp3) is 0.571. The average Bonchev–Trinajstić information content (AvgIpc) is 2.43. The summed E-state index contributed by atoms with van der Waals surface area (Å²) in [5.74, 6) is 5.47. The summed E-state index contributed by atoms with van der Waals surface area (Å²) >= 11 is 3.17. The first kappa shape index (κ1) is 16.9. The van der Waals surface area contributed by atoms with Crippen molar-refractivity contribution in [3.8, 4) is 0 Å². The van der Waals surface area contributed by atoms with Crippen molar-refractivity contribution in [3.63, 3.8) is 0 Å². The van der Waals surface area contributed by atoms with Crippen molar-refractivity contribution >= 4 is 25.8 Å². The van der Waals surface area contributed by atoms with E-state index in [9.17, 15) is 12.8 Å². The van der Waals surface area contributed by atoms with E-state index in [1.165, 1.54) is 12.3 Å². The van der Waals surface area contributed by atoms with Crippen LogP contribution >= 0.6 is 15.9 Å². The molecule has 0 spiro atoms. The van der Waals surface area contributed by atoms with Gasteiger partial charge in [0, 0.05) is 12.3 Å². The van der Waals surface area contributed by atoms with E-state index in [0.29, 0.717) is 17.3 Å². The molecule has 1 saturated carbocycles. The molecule has 4 nitrogen and oxygen atoms in total. The average molecular weight is 379 g/mol. The topological polar surface area (TPSA) is 72.2 Å². The predicted molar refractivity (Wildman–Crippen MR) is 84.8 cm³/mol. The Bertz CT molecular complexity index is 609. The zero-order valence-electron chi connectivity index (χ0n) is 11.9. The summed E-state index contributed by atoms with van der Waals surface area (Å²) in [5, 5.41) is -0.309. The first-order chi connectivity index (χ1) is 9.82. The van der Waals surface area contributed by atoms with Gasteiger partial charge in [0.2, 0.25) is 0 Å². The molecule has 0 radical (unpaired) electrons. The van der Waals surface area contributed by atoms with Crippen molar-refractivity contribution in [3.05, 3.63) is 34.1 Å². The molecule has 0 heterocycles. The Morgan fingerprint density at radius 1 is 1.43 bits per heavy atom. The number of nitrogens with one attached hydrogen (secondary N) is 1. The maximum atomic E-state index is 13.3. The van der Waals surface area contributed by atoms with E-state index in [2.05, 4.69) is 21.4 Å². The van der Waals surface area contributed by atoms with Crippen molar-refractivity contribution in [2.24, 2.45) is 11.8 Å². The van der Waals surface area contributed by atoms with E-state index in [-0.39, 0.29) is 23.0 Å². The van der Waals surface area contributed by atoms with Gasteiger partial charge in [-0.2, -0.15) is 0 Å². The molecule has 1 aromatic rings. The second-order valence-corrected chi connectivity index (χ2v) is 8.88. The van der Waals surface area contributed by atoms with Crippen LogP contribution < -0.4 is 11.3 Å². The summed E-state index contributed by atoms with van der Waals surface area (Å²) in [5.41, 5.74) is 3.63. The third kappa shape index (κ3) is 4.03. The maximum absolute atomic E-state index is 13.3. The Morgan fingerprint density at radius 3 is 2.71 bits per heavy atom. The van der Waals surface area contributed by atoms with Gasteiger partial charge < -0.3 is 0 Å². The Hall–Kier alpha value is -0.500. The van der Waals surface area contributed by atoms with Crippen LogP contribution in [0.2, 0.25) is 0 Å². The van der Waals surface area contributed by atoms with Crippen molar-refractivity contribution in [2.75, 3.05) is 6.26 Å². The molecule has 0 amide bonds. The summed E-state index contributed by atoms with van der Waals surface area (Å²) in [6, 6.07) is 4.60. The van der Waals surface area contributed by atoms with Crippen LogP contribution in [0.1, 0.15) is 37.3 Å². The van der Waals surface area contributed by atoms with Crippen molar-refractivity contribution in [1.29, 1.82) is 0 Å². The van der Waals surface area contributed by atoms with Crippen LogP contribution in [0.25, 0.3) is 0 Å².